The number of nitrogens with zero attached hydrogens (tertiary/aromatic N) is 5. The summed E-state index contributed by atoms with van der Waals surface area (Å²) < 4.78 is 46.1. The minimum absolute atomic E-state index is 0.149. The Morgan fingerprint density at radius 3 is 2.67 bits per heavy atom. The molecule has 0 unspecified atom stereocenters. The second-order valence-electron chi connectivity index (χ2n) is 6.63. The van der Waals surface area contributed by atoms with Gasteiger partial charge in [0.15, 0.2) is 0 Å². The van der Waals surface area contributed by atoms with Crippen molar-refractivity contribution >= 4 is 10.9 Å². The predicted octanol–water partition coefficient (Wildman–Crippen LogP) is 4.60. The van der Waals surface area contributed by atoms with Crippen LogP contribution in [-0.4, -0.2) is 30.2 Å². The molecule has 0 aliphatic rings. The Morgan fingerprint density at radius 1 is 1.00 bits per heavy atom. The van der Waals surface area contributed by atoms with E-state index < -0.39 is 18.1 Å². The van der Waals surface area contributed by atoms with Gasteiger partial charge in [-0.3, -0.25) is 0 Å². The molecule has 3 heterocycles. The standard InChI is InChI=1S/C20H13F3N6O/c21-15-7-13(19-26-27-20(30-19)18(22)23)3-4-14(15)9-29-10-17(25-28-29)12-2-1-11-5-6-24-16(11)8-12/h1-8,10,18,24H,9H2. The lowest BCUT2D eigenvalue weighted by Crippen LogP contribution is -2.03. The smallest absolute Gasteiger partial charge is 0.314 e. The molecule has 1 N–H and O–H groups in total. The van der Waals surface area contributed by atoms with Gasteiger partial charge >= 0.3 is 6.43 Å². The number of hydrogen-bond donors (Lipinski definition) is 1. The van der Waals surface area contributed by atoms with Gasteiger partial charge < -0.3 is 9.40 Å². The number of alkyl halides is 2. The van der Waals surface area contributed by atoms with E-state index in [1.54, 1.807) is 6.20 Å². The van der Waals surface area contributed by atoms with Crippen LogP contribution < -0.4 is 0 Å². The van der Waals surface area contributed by atoms with E-state index in [-0.39, 0.29) is 18.0 Å². The number of benzene rings is 2. The van der Waals surface area contributed by atoms with E-state index >= 15 is 0 Å². The minimum Gasteiger partial charge on any atom is -0.415 e. The van der Waals surface area contributed by atoms with Crippen molar-refractivity contribution in [2.24, 2.45) is 0 Å². The molecule has 0 amide bonds. The average Bonchev–Trinajstić information content (AvgIpc) is 3.49. The summed E-state index contributed by atoms with van der Waals surface area (Å²) in [7, 11) is 0. The lowest BCUT2D eigenvalue weighted by molar-refractivity contribution is 0.116. The van der Waals surface area contributed by atoms with E-state index in [1.165, 1.54) is 16.8 Å². The maximum absolute atomic E-state index is 14.6. The molecule has 2 aromatic carbocycles. The maximum atomic E-state index is 14.6. The van der Waals surface area contributed by atoms with Crippen molar-refractivity contribution in [2.45, 2.75) is 13.0 Å². The summed E-state index contributed by atoms with van der Waals surface area (Å²) in [4.78, 5) is 3.15. The largest absolute Gasteiger partial charge is 0.415 e. The molecule has 10 heteroatoms. The first kappa shape index (κ1) is 18.1. The van der Waals surface area contributed by atoms with Gasteiger partial charge in [-0.2, -0.15) is 8.78 Å². The maximum Gasteiger partial charge on any atom is 0.314 e. The number of hydrogen-bond acceptors (Lipinski definition) is 5. The van der Waals surface area contributed by atoms with E-state index in [9.17, 15) is 13.2 Å². The lowest BCUT2D eigenvalue weighted by Gasteiger charge is -2.04. The molecule has 0 fully saturated rings. The number of rotatable bonds is 5. The molecule has 30 heavy (non-hydrogen) atoms. The van der Waals surface area contributed by atoms with Gasteiger partial charge in [-0.05, 0) is 29.7 Å². The topological polar surface area (TPSA) is 85.4 Å². The van der Waals surface area contributed by atoms with Crippen LogP contribution in [0.15, 0.2) is 59.3 Å². The third-order valence-electron chi connectivity index (χ3n) is 4.65. The molecule has 0 atom stereocenters. The summed E-state index contributed by atoms with van der Waals surface area (Å²) in [5.74, 6) is -1.52. The highest BCUT2D eigenvalue weighted by Crippen LogP contribution is 2.26. The van der Waals surface area contributed by atoms with Crippen molar-refractivity contribution in [3.63, 3.8) is 0 Å². The molecule has 3 aromatic heterocycles. The first-order valence-corrected chi connectivity index (χ1v) is 8.95. The minimum atomic E-state index is -2.88. The Kier molecular flexibility index (Phi) is 4.31. The van der Waals surface area contributed by atoms with Crippen molar-refractivity contribution in [1.82, 2.24) is 30.2 Å². The summed E-state index contributed by atoms with van der Waals surface area (Å²) >= 11 is 0. The van der Waals surface area contributed by atoms with Crippen LogP contribution in [0.5, 0.6) is 0 Å². The van der Waals surface area contributed by atoms with Gasteiger partial charge in [-0.15, -0.1) is 15.3 Å². The normalized spacial score (nSPS) is 11.6. The Balaban J connectivity index is 1.36. The molecule has 0 aliphatic heterocycles. The first-order valence-electron chi connectivity index (χ1n) is 8.95. The van der Waals surface area contributed by atoms with Crippen LogP contribution in [0.4, 0.5) is 13.2 Å². The van der Waals surface area contributed by atoms with Gasteiger partial charge in [0, 0.05) is 28.4 Å². The number of nitrogens with one attached hydrogen (secondary N) is 1. The van der Waals surface area contributed by atoms with Gasteiger partial charge in [-0.1, -0.05) is 23.4 Å². The third kappa shape index (κ3) is 3.32. The van der Waals surface area contributed by atoms with Crippen LogP contribution in [-0.2, 0) is 6.54 Å². The highest BCUT2D eigenvalue weighted by Gasteiger charge is 2.18. The molecule has 0 saturated heterocycles. The summed E-state index contributed by atoms with van der Waals surface area (Å²) in [6, 6.07) is 12.1. The van der Waals surface area contributed by atoms with Crippen LogP contribution in [0.3, 0.4) is 0 Å². The number of aromatic amines is 1. The number of aromatic nitrogens is 6. The van der Waals surface area contributed by atoms with E-state index in [0.29, 0.717) is 11.3 Å². The number of H-pyrrole nitrogens is 1. The van der Waals surface area contributed by atoms with Crippen molar-refractivity contribution in [3.05, 3.63) is 72.1 Å². The fourth-order valence-electron chi connectivity index (χ4n) is 3.14. The Bertz CT molecular complexity index is 1340. The first-order chi connectivity index (χ1) is 14.6. The summed E-state index contributed by atoms with van der Waals surface area (Å²) in [6.45, 7) is 0.149. The highest BCUT2D eigenvalue weighted by atomic mass is 19.3. The van der Waals surface area contributed by atoms with Crippen LogP contribution in [0.25, 0.3) is 33.6 Å². The fourth-order valence-corrected chi connectivity index (χ4v) is 3.14. The zero-order chi connectivity index (χ0) is 20.7. The lowest BCUT2D eigenvalue weighted by atomic mass is 10.1. The predicted molar refractivity (Wildman–Crippen MR) is 101 cm³/mol. The molecule has 0 radical (unpaired) electrons. The van der Waals surface area contributed by atoms with Crippen molar-refractivity contribution in [1.29, 1.82) is 0 Å². The monoisotopic (exact) mass is 410 g/mol. The quantitative estimate of drug-likeness (QED) is 0.458. The molecule has 5 rings (SSSR count). The molecule has 7 nitrogen and oxygen atoms in total. The number of fused-ring (bicyclic) bond motifs is 1. The van der Waals surface area contributed by atoms with Crippen LogP contribution >= 0.6 is 0 Å². The zero-order valence-corrected chi connectivity index (χ0v) is 15.3. The highest BCUT2D eigenvalue weighted by molar-refractivity contribution is 5.83. The Morgan fingerprint density at radius 2 is 1.87 bits per heavy atom. The summed E-state index contributed by atoms with van der Waals surface area (Å²) in [6.07, 6.45) is 0.708. The van der Waals surface area contributed by atoms with Crippen LogP contribution in [0.2, 0.25) is 0 Å². The molecular weight excluding hydrogens is 397 g/mol. The van der Waals surface area contributed by atoms with E-state index in [4.69, 9.17) is 4.42 Å². The second-order valence-corrected chi connectivity index (χ2v) is 6.63. The molecule has 0 saturated carbocycles. The van der Waals surface area contributed by atoms with Gasteiger partial charge in [0.2, 0.25) is 5.89 Å². The molecule has 0 aliphatic carbocycles. The van der Waals surface area contributed by atoms with E-state index in [0.717, 1.165) is 22.5 Å². The van der Waals surface area contributed by atoms with Gasteiger partial charge in [-0.25, -0.2) is 9.07 Å². The van der Waals surface area contributed by atoms with Crippen LogP contribution in [0.1, 0.15) is 17.9 Å². The average molecular weight is 410 g/mol. The Labute approximate surface area is 167 Å². The number of halogens is 3. The molecule has 150 valence electrons. The van der Waals surface area contributed by atoms with E-state index in [1.807, 2.05) is 30.5 Å². The van der Waals surface area contributed by atoms with Crippen molar-refractivity contribution in [2.75, 3.05) is 0 Å². The summed E-state index contributed by atoms with van der Waals surface area (Å²) in [5, 5.41) is 16.1. The van der Waals surface area contributed by atoms with Gasteiger partial charge in [0.25, 0.3) is 5.89 Å². The third-order valence-corrected chi connectivity index (χ3v) is 4.65. The fraction of sp³-hybridized carbons (Fsp3) is 0.100. The van der Waals surface area contributed by atoms with Crippen molar-refractivity contribution < 1.29 is 17.6 Å². The zero-order valence-electron chi connectivity index (χ0n) is 15.3. The Hall–Kier alpha value is -3.95. The molecule has 0 bridgehead atoms. The molecular formula is C20H13F3N6O. The van der Waals surface area contributed by atoms with E-state index in [2.05, 4.69) is 25.5 Å². The van der Waals surface area contributed by atoms with Gasteiger partial charge in [0.1, 0.15) is 11.5 Å². The van der Waals surface area contributed by atoms with Gasteiger partial charge in [0.05, 0.1) is 12.7 Å². The molecule has 0 spiro atoms. The van der Waals surface area contributed by atoms with Crippen molar-refractivity contribution in [3.8, 4) is 22.7 Å². The molecule has 5 aromatic rings. The SMILES string of the molecule is Fc1cc(-c2nnc(C(F)F)o2)ccc1Cn1cc(-c2ccc3cc[nH]c3c2)nn1. The van der Waals surface area contributed by atoms with Crippen LogP contribution in [0, 0.1) is 5.82 Å². The summed E-state index contributed by atoms with van der Waals surface area (Å²) in [5.41, 5.74) is 3.10. The second kappa shape index (κ2) is 7.14.